The molecule has 2 aliphatic heterocycles. The monoisotopic (exact) mass is 418 g/mol. The first-order chi connectivity index (χ1) is 15.2. The summed E-state index contributed by atoms with van der Waals surface area (Å²) in [6.07, 6.45) is 1.73. The zero-order valence-electron chi connectivity index (χ0n) is 17.1. The summed E-state index contributed by atoms with van der Waals surface area (Å²) >= 11 is 0. The normalized spacial score (nSPS) is 15.1. The van der Waals surface area contributed by atoms with Gasteiger partial charge in [0.05, 0.1) is 0 Å². The van der Waals surface area contributed by atoms with Crippen LogP contribution < -0.4 is 19.7 Å². The number of nitrogens with one attached hydrogen (secondary N) is 1. The average Bonchev–Trinajstić information content (AvgIpc) is 3.27. The Labute approximate surface area is 179 Å². The Morgan fingerprint density at radius 3 is 2.61 bits per heavy atom. The highest BCUT2D eigenvalue weighted by atomic mass is 16.7. The Morgan fingerprint density at radius 1 is 0.968 bits per heavy atom. The van der Waals surface area contributed by atoms with E-state index in [-0.39, 0.29) is 12.7 Å². The molecule has 2 aliphatic rings. The number of pyridine rings is 1. The molecule has 9 heteroatoms. The molecule has 5 rings (SSSR count). The lowest BCUT2D eigenvalue weighted by Gasteiger charge is -2.35. The van der Waals surface area contributed by atoms with Crippen LogP contribution in [0.15, 0.2) is 48.7 Å². The summed E-state index contributed by atoms with van der Waals surface area (Å²) in [4.78, 5) is 30.3. The predicted octanol–water partition coefficient (Wildman–Crippen LogP) is 2.61. The van der Waals surface area contributed by atoms with Gasteiger partial charge >= 0.3 is 0 Å². The number of amides is 1. The summed E-state index contributed by atoms with van der Waals surface area (Å²) in [6.45, 7) is 4.66. The molecule has 0 unspecified atom stereocenters. The van der Waals surface area contributed by atoms with Gasteiger partial charge in [-0.3, -0.25) is 4.79 Å². The second-order valence-corrected chi connectivity index (χ2v) is 7.35. The summed E-state index contributed by atoms with van der Waals surface area (Å²) in [5, 5.41) is 3.22. The molecule has 9 nitrogen and oxygen atoms in total. The standard InChI is InChI=1S/C22H22N6O3/c1-15-24-20(26-19-4-2-3-7-23-19)13-21(25-15)27-8-10-28(11-9-27)22(29)16-5-6-17-18(12-16)31-14-30-17/h2-7,12-13H,8-11,14H2,1H3,(H,23,24,25,26). The van der Waals surface area contributed by atoms with E-state index in [0.717, 1.165) is 11.6 Å². The van der Waals surface area contributed by atoms with E-state index in [1.807, 2.05) is 36.1 Å². The van der Waals surface area contributed by atoms with Crippen molar-refractivity contribution in [3.63, 3.8) is 0 Å². The van der Waals surface area contributed by atoms with E-state index >= 15 is 0 Å². The fourth-order valence-corrected chi connectivity index (χ4v) is 3.70. The van der Waals surface area contributed by atoms with Crippen LogP contribution in [0.1, 0.15) is 16.2 Å². The van der Waals surface area contributed by atoms with Gasteiger partial charge in [0.25, 0.3) is 5.91 Å². The van der Waals surface area contributed by atoms with Gasteiger partial charge < -0.3 is 24.6 Å². The Kier molecular flexibility index (Phi) is 4.99. The van der Waals surface area contributed by atoms with Gasteiger partial charge in [-0.1, -0.05) is 6.07 Å². The van der Waals surface area contributed by atoms with Crippen LogP contribution in [0.25, 0.3) is 0 Å². The highest BCUT2D eigenvalue weighted by Gasteiger charge is 2.25. The third-order valence-corrected chi connectivity index (χ3v) is 5.26. The summed E-state index contributed by atoms with van der Waals surface area (Å²) in [5.41, 5.74) is 0.609. The maximum Gasteiger partial charge on any atom is 0.254 e. The summed E-state index contributed by atoms with van der Waals surface area (Å²) in [6, 6.07) is 12.9. The fraction of sp³-hybridized carbons (Fsp3) is 0.273. The minimum Gasteiger partial charge on any atom is -0.454 e. The van der Waals surface area contributed by atoms with E-state index in [9.17, 15) is 4.79 Å². The molecule has 1 fully saturated rings. The SMILES string of the molecule is Cc1nc(Nc2ccccn2)cc(N2CCN(C(=O)c3ccc4c(c3)OCO4)CC2)n1. The summed E-state index contributed by atoms with van der Waals surface area (Å²) < 4.78 is 10.7. The number of benzene rings is 1. The van der Waals surface area contributed by atoms with E-state index in [1.165, 1.54) is 0 Å². The van der Waals surface area contributed by atoms with Crippen LogP contribution in [0, 0.1) is 6.92 Å². The van der Waals surface area contributed by atoms with Crippen molar-refractivity contribution in [3.8, 4) is 11.5 Å². The van der Waals surface area contributed by atoms with E-state index in [4.69, 9.17) is 9.47 Å². The van der Waals surface area contributed by atoms with Crippen molar-refractivity contribution in [2.75, 3.05) is 43.2 Å². The van der Waals surface area contributed by atoms with Gasteiger partial charge in [0.2, 0.25) is 6.79 Å². The molecular weight excluding hydrogens is 396 g/mol. The number of fused-ring (bicyclic) bond motifs is 1. The van der Waals surface area contributed by atoms with E-state index in [1.54, 1.807) is 24.4 Å². The number of rotatable bonds is 4. The molecule has 1 aromatic carbocycles. The topological polar surface area (TPSA) is 92.7 Å². The molecule has 4 heterocycles. The van der Waals surface area contributed by atoms with E-state index in [2.05, 4.69) is 25.2 Å². The molecule has 1 saturated heterocycles. The van der Waals surface area contributed by atoms with Crippen molar-refractivity contribution in [2.24, 2.45) is 0 Å². The van der Waals surface area contributed by atoms with Gasteiger partial charge in [-0.25, -0.2) is 15.0 Å². The third kappa shape index (κ3) is 4.07. The number of hydrogen-bond donors (Lipinski definition) is 1. The molecule has 0 aliphatic carbocycles. The minimum atomic E-state index is -0.00525. The highest BCUT2D eigenvalue weighted by molar-refractivity contribution is 5.95. The first-order valence-electron chi connectivity index (χ1n) is 10.1. The Bertz CT molecular complexity index is 1100. The fourth-order valence-electron chi connectivity index (χ4n) is 3.70. The van der Waals surface area contributed by atoms with Crippen molar-refractivity contribution >= 4 is 23.4 Å². The van der Waals surface area contributed by atoms with Crippen LogP contribution in [0.4, 0.5) is 17.5 Å². The molecule has 3 aromatic rings. The zero-order chi connectivity index (χ0) is 21.2. The number of anilines is 3. The van der Waals surface area contributed by atoms with Crippen molar-refractivity contribution in [1.29, 1.82) is 0 Å². The number of piperazine rings is 1. The predicted molar refractivity (Wildman–Crippen MR) is 115 cm³/mol. The number of aryl methyl sites for hydroxylation is 1. The molecule has 0 atom stereocenters. The van der Waals surface area contributed by atoms with E-state index in [0.29, 0.717) is 54.9 Å². The van der Waals surface area contributed by atoms with Gasteiger partial charge in [0.15, 0.2) is 11.5 Å². The van der Waals surface area contributed by atoms with Crippen LogP contribution in [0.5, 0.6) is 11.5 Å². The first kappa shape index (κ1) is 19.1. The molecule has 1 N–H and O–H groups in total. The zero-order valence-corrected chi connectivity index (χ0v) is 17.1. The first-order valence-corrected chi connectivity index (χ1v) is 10.1. The number of carbonyl (C=O) groups excluding carboxylic acids is 1. The maximum absolute atomic E-state index is 12.9. The van der Waals surface area contributed by atoms with Crippen molar-refractivity contribution in [2.45, 2.75) is 6.92 Å². The van der Waals surface area contributed by atoms with Gasteiger partial charge in [0.1, 0.15) is 23.3 Å². The average molecular weight is 418 g/mol. The van der Waals surface area contributed by atoms with Crippen LogP contribution in [0.2, 0.25) is 0 Å². The molecular formula is C22H22N6O3. The van der Waals surface area contributed by atoms with Crippen LogP contribution in [-0.2, 0) is 0 Å². The molecule has 0 radical (unpaired) electrons. The Hall–Kier alpha value is -3.88. The van der Waals surface area contributed by atoms with Gasteiger partial charge in [-0.05, 0) is 37.3 Å². The number of ether oxygens (including phenoxy) is 2. The number of nitrogens with zero attached hydrogens (tertiary/aromatic N) is 5. The van der Waals surface area contributed by atoms with Crippen LogP contribution in [0.3, 0.4) is 0 Å². The molecule has 0 spiro atoms. The quantitative estimate of drug-likeness (QED) is 0.691. The second-order valence-electron chi connectivity index (χ2n) is 7.35. The van der Waals surface area contributed by atoms with Gasteiger partial charge in [-0.2, -0.15) is 0 Å². The smallest absolute Gasteiger partial charge is 0.254 e. The third-order valence-electron chi connectivity index (χ3n) is 5.26. The largest absolute Gasteiger partial charge is 0.454 e. The molecule has 31 heavy (non-hydrogen) atoms. The minimum absolute atomic E-state index is 0.00525. The lowest BCUT2D eigenvalue weighted by molar-refractivity contribution is 0.0746. The molecule has 1 amide bonds. The van der Waals surface area contributed by atoms with E-state index < -0.39 is 0 Å². The summed E-state index contributed by atoms with van der Waals surface area (Å²) in [7, 11) is 0. The Morgan fingerprint density at radius 2 is 1.81 bits per heavy atom. The van der Waals surface area contributed by atoms with Gasteiger partial charge in [0, 0.05) is 44.0 Å². The molecule has 158 valence electrons. The number of hydrogen-bond acceptors (Lipinski definition) is 8. The van der Waals surface area contributed by atoms with Gasteiger partial charge in [-0.15, -0.1) is 0 Å². The number of carbonyl (C=O) groups is 1. The highest BCUT2D eigenvalue weighted by Crippen LogP contribution is 2.33. The lowest BCUT2D eigenvalue weighted by atomic mass is 10.1. The molecule has 0 saturated carbocycles. The van der Waals surface area contributed by atoms with Crippen molar-refractivity contribution in [3.05, 3.63) is 60.0 Å². The van der Waals surface area contributed by atoms with Crippen LogP contribution in [-0.4, -0.2) is 58.7 Å². The van der Waals surface area contributed by atoms with Crippen LogP contribution >= 0.6 is 0 Å². The van der Waals surface area contributed by atoms with Crippen molar-refractivity contribution < 1.29 is 14.3 Å². The molecule has 2 aromatic heterocycles. The number of aromatic nitrogens is 3. The lowest BCUT2D eigenvalue weighted by Crippen LogP contribution is -2.49. The maximum atomic E-state index is 12.9. The molecule has 0 bridgehead atoms. The van der Waals surface area contributed by atoms with Crippen molar-refractivity contribution in [1.82, 2.24) is 19.9 Å². The Balaban J connectivity index is 1.25. The summed E-state index contributed by atoms with van der Waals surface area (Å²) in [5.74, 6) is 4.22. The second kappa shape index (κ2) is 8.10.